The molecule has 0 atom stereocenters. The van der Waals surface area contributed by atoms with Crippen LogP contribution in [0.25, 0.3) is 0 Å². The molecule has 2 amide bonds. The standard InChI is InChI=1S/C22H25N5O2/c1-15-7-5-6-8-18(15)23-13-16-9-11-17(12-10-16)21(28)25-19-14-27(4)20(24-19)22(29)26(2)3/h5-12,14,23H,13H2,1-4H3,(H,25,28). The lowest BCUT2D eigenvalue weighted by molar-refractivity contribution is 0.0812. The Morgan fingerprint density at radius 1 is 1.07 bits per heavy atom. The van der Waals surface area contributed by atoms with Gasteiger partial charge in [0.25, 0.3) is 11.8 Å². The van der Waals surface area contributed by atoms with E-state index in [9.17, 15) is 9.59 Å². The number of aromatic nitrogens is 2. The average molecular weight is 391 g/mol. The van der Waals surface area contributed by atoms with Crippen LogP contribution < -0.4 is 10.6 Å². The monoisotopic (exact) mass is 391 g/mol. The third-order valence-corrected chi connectivity index (χ3v) is 4.56. The van der Waals surface area contributed by atoms with Gasteiger partial charge >= 0.3 is 0 Å². The van der Waals surface area contributed by atoms with E-state index >= 15 is 0 Å². The summed E-state index contributed by atoms with van der Waals surface area (Å²) >= 11 is 0. The number of nitrogens with zero attached hydrogens (tertiary/aromatic N) is 3. The summed E-state index contributed by atoms with van der Waals surface area (Å²) < 4.78 is 1.60. The molecule has 7 heteroatoms. The summed E-state index contributed by atoms with van der Waals surface area (Å²) in [7, 11) is 5.03. The van der Waals surface area contributed by atoms with E-state index in [2.05, 4.69) is 28.6 Å². The molecule has 0 fully saturated rings. The molecule has 3 aromatic rings. The van der Waals surface area contributed by atoms with Crippen molar-refractivity contribution in [2.24, 2.45) is 7.05 Å². The molecule has 0 aliphatic rings. The Kier molecular flexibility index (Phi) is 5.97. The van der Waals surface area contributed by atoms with E-state index in [-0.39, 0.29) is 17.6 Å². The number of imidazole rings is 1. The predicted octanol–water partition coefficient (Wildman–Crippen LogP) is 3.29. The molecule has 2 aromatic carbocycles. The first kappa shape index (κ1) is 20.1. The molecule has 0 aliphatic carbocycles. The Bertz CT molecular complexity index is 1020. The minimum Gasteiger partial charge on any atom is -0.381 e. The molecule has 150 valence electrons. The first-order valence-corrected chi connectivity index (χ1v) is 9.30. The molecule has 0 spiro atoms. The lowest BCUT2D eigenvalue weighted by atomic mass is 10.1. The lowest BCUT2D eigenvalue weighted by Gasteiger charge is -2.10. The summed E-state index contributed by atoms with van der Waals surface area (Å²) in [6.07, 6.45) is 1.62. The lowest BCUT2D eigenvalue weighted by Crippen LogP contribution is -2.24. The molecule has 1 aromatic heterocycles. The van der Waals surface area contributed by atoms with Crippen LogP contribution in [0.1, 0.15) is 32.1 Å². The zero-order valence-electron chi connectivity index (χ0n) is 17.1. The number of benzene rings is 2. The highest BCUT2D eigenvalue weighted by Crippen LogP contribution is 2.15. The number of hydrogen-bond donors (Lipinski definition) is 2. The van der Waals surface area contributed by atoms with Crippen LogP contribution >= 0.6 is 0 Å². The molecule has 0 saturated carbocycles. The Labute approximate surface area is 170 Å². The largest absolute Gasteiger partial charge is 0.381 e. The maximum atomic E-state index is 12.5. The zero-order chi connectivity index (χ0) is 21.0. The summed E-state index contributed by atoms with van der Waals surface area (Å²) in [6, 6.07) is 15.5. The van der Waals surface area contributed by atoms with Crippen molar-refractivity contribution in [2.75, 3.05) is 24.7 Å². The molecule has 0 saturated heterocycles. The molecule has 1 heterocycles. The van der Waals surface area contributed by atoms with Crippen LogP contribution in [-0.4, -0.2) is 40.4 Å². The molecule has 29 heavy (non-hydrogen) atoms. The third kappa shape index (κ3) is 4.82. The SMILES string of the molecule is Cc1ccccc1NCc1ccc(C(=O)Nc2cn(C)c(C(=O)N(C)C)n2)cc1. The van der Waals surface area contributed by atoms with E-state index in [1.165, 1.54) is 10.5 Å². The van der Waals surface area contributed by atoms with Crippen LogP contribution in [-0.2, 0) is 13.6 Å². The molecule has 3 rings (SSSR count). The quantitative estimate of drug-likeness (QED) is 0.676. The number of amides is 2. The highest BCUT2D eigenvalue weighted by molar-refractivity contribution is 6.04. The van der Waals surface area contributed by atoms with Crippen molar-refractivity contribution in [2.45, 2.75) is 13.5 Å². The number of hydrogen-bond acceptors (Lipinski definition) is 4. The van der Waals surface area contributed by atoms with Gasteiger partial charge in [-0.05, 0) is 36.2 Å². The van der Waals surface area contributed by atoms with Crippen LogP contribution in [0.3, 0.4) is 0 Å². The van der Waals surface area contributed by atoms with Gasteiger partial charge in [0, 0.05) is 45.1 Å². The number of carbonyl (C=O) groups excluding carboxylic acids is 2. The molecule has 7 nitrogen and oxygen atoms in total. The maximum absolute atomic E-state index is 12.5. The summed E-state index contributed by atoms with van der Waals surface area (Å²) in [5.41, 5.74) is 3.87. The van der Waals surface area contributed by atoms with Gasteiger partial charge in [0.1, 0.15) is 0 Å². The van der Waals surface area contributed by atoms with Gasteiger partial charge in [-0.3, -0.25) is 9.59 Å². The maximum Gasteiger partial charge on any atom is 0.289 e. The summed E-state index contributed by atoms with van der Waals surface area (Å²) in [4.78, 5) is 30.2. The summed E-state index contributed by atoms with van der Waals surface area (Å²) in [5, 5.41) is 6.14. The van der Waals surface area contributed by atoms with Gasteiger partial charge in [-0.2, -0.15) is 0 Å². The van der Waals surface area contributed by atoms with Crippen molar-refractivity contribution in [1.29, 1.82) is 0 Å². The second-order valence-corrected chi connectivity index (χ2v) is 7.08. The second-order valence-electron chi connectivity index (χ2n) is 7.08. The van der Waals surface area contributed by atoms with Gasteiger partial charge in [-0.15, -0.1) is 0 Å². The minimum absolute atomic E-state index is 0.224. The van der Waals surface area contributed by atoms with Gasteiger partial charge in [-0.25, -0.2) is 4.98 Å². The van der Waals surface area contributed by atoms with E-state index in [0.29, 0.717) is 17.9 Å². The van der Waals surface area contributed by atoms with Crippen molar-refractivity contribution in [3.05, 3.63) is 77.2 Å². The summed E-state index contributed by atoms with van der Waals surface area (Å²) in [6.45, 7) is 2.73. The van der Waals surface area contributed by atoms with Gasteiger partial charge < -0.3 is 20.1 Å². The molecule has 2 N–H and O–H groups in total. The van der Waals surface area contributed by atoms with Crippen molar-refractivity contribution in [1.82, 2.24) is 14.5 Å². The van der Waals surface area contributed by atoms with Crippen LogP contribution in [0.15, 0.2) is 54.7 Å². The third-order valence-electron chi connectivity index (χ3n) is 4.56. The number of para-hydroxylation sites is 1. The highest BCUT2D eigenvalue weighted by Gasteiger charge is 2.17. The zero-order valence-corrected chi connectivity index (χ0v) is 17.1. The first-order valence-electron chi connectivity index (χ1n) is 9.30. The van der Waals surface area contributed by atoms with E-state index in [1.807, 2.05) is 30.3 Å². The van der Waals surface area contributed by atoms with E-state index in [4.69, 9.17) is 0 Å². The van der Waals surface area contributed by atoms with Crippen molar-refractivity contribution in [3.63, 3.8) is 0 Å². The van der Waals surface area contributed by atoms with Crippen molar-refractivity contribution in [3.8, 4) is 0 Å². The molecule has 0 unspecified atom stereocenters. The fourth-order valence-electron chi connectivity index (χ4n) is 2.86. The van der Waals surface area contributed by atoms with Gasteiger partial charge in [0.2, 0.25) is 5.82 Å². The Balaban J connectivity index is 1.63. The first-order chi connectivity index (χ1) is 13.8. The van der Waals surface area contributed by atoms with Crippen LogP contribution in [0.5, 0.6) is 0 Å². The number of carbonyl (C=O) groups is 2. The van der Waals surface area contributed by atoms with E-state index < -0.39 is 0 Å². The molecule has 0 aliphatic heterocycles. The minimum atomic E-state index is -0.273. The van der Waals surface area contributed by atoms with Crippen LogP contribution in [0.2, 0.25) is 0 Å². The van der Waals surface area contributed by atoms with Gasteiger partial charge in [-0.1, -0.05) is 30.3 Å². The highest BCUT2D eigenvalue weighted by atomic mass is 16.2. The normalized spacial score (nSPS) is 10.5. The van der Waals surface area contributed by atoms with Crippen LogP contribution in [0.4, 0.5) is 11.5 Å². The molecular weight excluding hydrogens is 366 g/mol. The van der Waals surface area contributed by atoms with Crippen molar-refractivity contribution < 1.29 is 9.59 Å². The molecule has 0 radical (unpaired) electrons. The number of rotatable bonds is 6. The molecule has 0 bridgehead atoms. The smallest absolute Gasteiger partial charge is 0.289 e. The Morgan fingerprint density at radius 3 is 2.41 bits per heavy atom. The second kappa shape index (κ2) is 8.60. The number of nitrogens with one attached hydrogen (secondary N) is 2. The average Bonchev–Trinajstić information content (AvgIpc) is 3.07. The van der Waals surface area contributed by atoms with E-state index in [1.54, 1.807) is 44.0 Å². The Morgan fingerprint density at radius 2 is 1.76 bits per heavy atom. The molecular formula is C22H25N5O2. The fourth-order valence-corrected chi connectivity index (χ4v) is 2.86. The van der Waals surface area contributed by atoms with Crippen LogP contribution in [0, 0.1) is 6.92 Å². The van der Waals surface area contributed by atoms with Gasteiger partial charge in [0.15, 0.2) is 5.82 Å². The van der Waals surface area contributed by atoms with E-state index in [0.717, 1.165) is 11.3 Å². The summed E-state index contributed by atoms with van der Waals surface area (Å²) in [5.74, 6) is 0.111. The topological polar surface area (TPSA) is 79.3 Å². The predicted molar refractivity (Wildman–Crippen MR) is 114 cm³/mol. The van der Waals surface area contributed by atoms with Gasteiger partial charge in [0.05, 0.1) is 0 Å². The number of aryl methyl sites for hydroxylation is 2. The Hall–Kier alpha value is -3.61. The fraction of sp³-hybridized carbons (Fsp3) is 0.227. The van der Waals surface area contributed by atoms with Crippen molar-refractivity contribution >= 4 is 23.3 Å². The number of anilines is 2.